The molecule has 0 saturated heterocycles. The standard InChI is InChI=1S/C18H16F2N2O2S/c19-9-17(20)15-5-1-4-14(7-15)11-25(24)12-18(23)22-16-6-2-3-13(8-16)10-21/h1-8,17H,9,11-12H2,(H,22,23). The van der Waals surface area contributed by atoms with Crippen LogP contribution in [0.25, 0.3) is 0 Å². The number of alkyl halides is 2. The SMILES string of the molecule is N#Cc1cccc(NC(=O)CS(=O)Cc2cccc(C(F)CF)c2)c1. The Morgan fingerprint density at radius 3 is 2.72 bits per heavy atom. The first-order valence-electron chi connectivity index (χ1n) is 7.45. The maximum atomic E-state index is 13.4. The summed E-state index contributed by atoms with van der Waals surface area (Å²) in [6.07, 6.45) is -1.70. The molecule has 0 fully saturated rings. The van der Waals surface area contributed by atoms with Crippen LogP contribution in [-0.2, 0) is 21.3 Å². The number of anilines is 1. The average Bonchev–Trinajstić information content (AvgIpc) is 2.61. The fourth-order valence-corrected chi connectivity index (χ4v) is 3.23. The number of amides is 1. The molecule has 4 nitrogen and oxygen atoms in total. The molecule has 0 spiro atoms. The monoisotopic (exact) mass is 362 g/mol. The van der Waals surface area contributed by atoms with E-state index in [0.29, 0.717) is 16.8 Å². The molecule has 2 aromatic rings. The molecule has 2 rings (SSSR count). The molecule has 0 aromatic heterocycles. The summed E-state index contributed by atoms with van der Waals surface area (Å²) < 4.78 is 37.9. The number of halogens is 2. The van der Waals surface area contributed by atoms with Gasteiger partial charge in [-0.3, -0.25) is 9.00 Å². The second-order valence-electron chi connectivity index (χ2n) is 5.34. The Labute approximate surface area is 146 Å². The Bertz CT molecular complexity index is 821. The molecule has 0 aliphatic heterocycles. The maximum absolute atomic E-state index is 13.4. The Hall–Kier alpha value is -2.59. The second-order valence-corrected chi connectivity index (χ2v) is 6.79. The van der Waals surface area contributed by atoms with Gasteiger partial charge in [-0.2, -0.15) is 5.26 Å². The van der Waals surface area contributed by atoms with E-state index < -0.39 is 29.6 Å². The van der Waals surface area contributed by atoms with E-state index in [1.165, 1.54) is 18.2 Å². The summed E-state index contributed by atoms with van der Waals surface area (Å²) in [5, 5.41) is 11.4. The molecule has 1 amide bonds. The van der Waals surface area contributed by atoms with Gasteiger partial charge in [0.2, 0.25) is 5.91 Å². The van der Waals surface area contributed by atoms with Crippen LogP contribution in [0.3, 0.4) is 0 Å². The quantitative estimate of drug-likeness (QED) is 0.820. The van der Waals surface area contributed by atoms with Crippen molar-refractivity contribution in [2.75, 3.05) is 17.7 Å². The highest BCUT2D eigenvalue weighted by Gasteiger charge is 2.12. The molecular formula is C18H16F2N2O2S. The fraction of sp³-hybridized carbons (Fsp3) is 0.222. The van der Waals surface area contributed by atoms with Gasteiger partial charge in [0.05, 0.1) is 11.6 Å². The number of hydrogen-bond acceptors (Lipinski definition) is 3. The minimum absolute atomic E-state index is 0.0680. The van der Waals surface area contributed by atoms with E-state index in [2.05, 4.69) is 5.32 Å². The summed E-state index contributed by atoms with van der Waals surface area (Å²) in [5.41, 5.74) is 1.62. The van der Waals surface area contributed by atoms with Crippen molar-refractivity contribution in [1.82, 2.24) is 0 Å². The molecule has 1 N–H and O–H groups in total. The van der Waals surface area contributed by atoms with Crippen molar-refractivity contribution in [2.24, 2.45) is 0 Å². The van der Waals surface area contributed by atoms with E-state index in [9.17, 15) is 17.8 Å². The Kier molecular flexibility index (Phi) is 6.78. The Balaban J connectivity index is 1.93. The molecule has 130 valence electrons. The molecule has 0 aliphatic carbocycles. The van der Waals surface area contributed by atoms with Crippen LogP contribution in [0.15, 0.2) is 48.5 Å². The van der Waals surface area contributed by atoms with E-state index in [-0.39, 0.29) is 17.1 Å². The highest BCUT2D eigenvalue weighted by molar-refractivity contribution is 7.84. The zero-order valence-electron chi connectivity index (χ0n) is 13.2. The molecule has 2 atom stereocenters. The van der Waals surface area contributed by atoms with Gasteiger partial charge in [-0.15, -0.1) is 0 Å². The zero-order valence-corrected chi connectivity index (χ0v) is 14.1. The van der Waals surface area contributed by atoms with Gasteiger partial charge < -0.3 is 5.32 Å². The summed E-state index contributed by atoms with van der Waals surface area (Å²) in [5.74, 6) is -0.613. The molecule has 0 saturated carbocycles. The van der Waals surface area contributed by atoms with Gasteiger partial charge in [0.1, 0.15) is 12.4 Å². The van der Waals surface area contributed by atoms with Gasteiger partial charge in [0.15, 0.2) is 6.17 Å². The molecule has 0 bridgehead atoms. The number of nitrogens with zero attached hydrogens (tertiary/aromatic N) is 1. The molecule has 2 unspecified atom stereocenters. The minimum atomic E-state index is -1.70. The normalized spacial score (nSPS) is 12.8. The van der Waals surface area contributed by atoms with E-state index >= 15 is 0 Å². The van der Waals surface area contributed by atoms with E-state index in [0.717, 1.165) is 0 Å². The summed E-state index contributed by atoms with van der Waals surface area (Å²) in [4.78, 5) is 11.9. The van der Waals surface area contributed by atoms with Gasteiger partial charge in [-0.05, 0) is 29.3 Å². The molecule has 7 heteroatoms. The van der Waals surface area contributed by atoms with Gasteiger partial charge in [-0.1, -0.05) is 30.3 Å². The highest BCUT2D eigenvalue weighted by Crippen LogP contribution is 2.19. The zero-order chi connectivity index (χ0) is 18.2. The molecule has 0 radical (unpaired) electrons. The number of carbonyl (C=O) groups excluding carboxylic acids is 1. The molecule has 0 heterocycles. The number of nitrogens with one attached hydrogen (secondary N) is 1. The van der Waals surface area contributed by atoms with Crippen LogP contribution in [0.5, 0.6) is 0 Å². The minimum Gasteiger partial charge on any atom is -0.325 e. The van der Waals surface area contributed by atoms with Crippen molar-refractivity contribution in [2.45, 2.75) is 11.9 Å². The van der Waals surface area contributed by atoms with Crippen molar-refractivity contribution in [3.8, 4) is 6.07 Å². The third kappa shape index (κ3) is 5.76. The number of benzene rings is 2. The lowest BCUT2D eigenvalue weighted by atomic mass is 10.1. The highest BCUT2D eigenvalue weighted by atomic mass is 32.2. The van der Waals surface area contributed by atoms with Crippen molar-refractivity contribution in [3.05, 3.63) is 65.2 Å². The van der Waals surface area contributed by atoms with Crippen molar-refractivity contribution in [1.29, 1.82) is 5.26 Å². The number of hydrogen-bond donors (Lipinski definition) is 1. The van der Waals surface area contributed by atoms with E-state index in [1.807, 2.05) is 6.07 Å². The van der Waals surface area contributed by atoms with Crippen molar-refractivity contribution >= 4 is 22.4 Å². The van der Waals surface area contributed by atoms with Crippen LogP contribution in [0.4, 0.5) is 14.5 Å². The van der Waals surface area contributed by atoms with E-state index in [1.54, 1.807) is 30.3 Å². The third-order valence-electron chi connectivity index (χ3n) is 3.34. The molecular weight excluding hydrogens is 346 g/mol. The van der Waals surface area contributed by atoms with Crippen LogP contribution < -0.4 is 5.32 Å². The third-order valence-corrected chi connectivity index (χ3v) is 4.58. The Morgan fingerprint density at radius 2 is 2.00 bits per heavy atom. The summed E-state index contributed by atoms with van der Waals surface area (Å²) >= 11 is 0. The first kappa shape index (κ1) is 18.7. The van der Waals surface area contributed by atoms with Crippen LogP contribution in [0.1, 0.15) is 22.9 Å². The largest absolute Gasteiger partial charge is 0.325 e. The van der Waals surface area contributed by atoms with Crippen LogP contribution in [0, 0.1) is 11.3 Å². The van der Waals surface area contributed by atoms with Gasteiger partial charge in [0, 0.05) is 22.2 Å². The first-order chi connectivity index (χ1) is 12.0. The first-order valence-corrected chi connectivity index (χ1v) is 8.94. The average molecular weight is 362 g/mol. The topological polar surface area (TPSA) is 70.0 Å². The lowest BCUT2D eigenvalue weighted by molar-refractivity contribution is -0.113. The summed E-state index contributed by atoms with van der Waals surface area (Å²) in [7, 11) is -1.50. The summed E-state index contributed by atoms with van der Waals surface area (Å²) in [6.45, 7) is -1.11. The van der Waals surface area contributed by atoms with Gasteiger partial charge in [-0.25, -0.2) is 8.78 Å². The predicted octanol–water partition coefficient (Wildman–Crippen LogP) is 3.43. The van der Waals surface area contributed by atoms with Crippen molar-refractivity contribution < 1.29 is 17.8 Å². The van der Waals surface area contributed by atoms with Crippen LogP contribution >= 0.6 is 0 Å². The van der Waals surface area contributed by atoms with Crippen LogP contribution in [0.2, 0.25) is 0 Å². The Morgan fingerprint density at radius 1 is 1.24 bits per heavy atom. The lowest BCUT2D eigenvalue weighted by Gasteiger charge is -2.08. The number of carbonyl (C=O) groups is 1. The second kappa shape index (κ2) is 9.04. The number of nitriles is 1. The molecule has 2 aromatic carbocycles. The molecule has 25 heavy (non-hydrogen) atoms. The van der Waals surface area contributed by atoms with Crippen LogP contribution in [-0.4, -0.2) is 22.5 Å². The summed E-state index contributed by atoms with van der Waals surface area (Å²) in [6, 6.07) is 14.5. The smallest absolute Gasteiger partial charge is 0.237 e. The number of rotatable bonds is 7. The fourth-order valence-electron chi connectivity index (χ4n) is 2.21. The van der Waals surface area contributed by atoms with Gasteiger partial charge in [0.25, 0.3) is 0 Å². The molecule has 0 aliphatic rings. The lowest BCUT2D eigenvalue weighted by Crippen LogP contribution is -2.20. The van der Waals surface area contributed by atoms with Gasteiger partial charge >= 0.3 is 0 Å². The van der Waals surface area contributed by atoms with Crippen molar-refractivity contribution in [3.63, 3.8) is 0 Å². The maximum Gasteiger partial charge on any atom is 0.237 e. The van der Waals surface area contributed by atoms with E-state index in [4.69, 9.17) is 5.26 Å². The predicted molar refractivity (Wildman–Crippen MR) is 92.8 cm³/mol.